The van der Waals surface area contributed by atoms with Crippen molar-refractivity contribution in [2.45, 2.75) is 148 Å². The maximum atomic E-state index is 12.3. The predicted octanol–water partition coefficient (Wildman–Crippen LogP) is 10.4. The number of unbranched alkanes of at least 4 members (excludes halogenated alkanes) is 2. The molecule has 286 valence electrons. The van der Waals surface area contributed by atoms with Gasteiger partial charge in [0.2, 0.25) is 0 Å². The van der Waals surface area contributed by atoms with Gasteiger partial charge < -0.3 is 19.7 Å². The van der Waals surface area contributed by atoms with E-state index in [0.717, 1.165) is 50.9 Å². The number of rotatable bonds is 19. The molecule has 4 rings (SSSR count). The molecule has 0 heterocycles. The van der Waals surface area contributed by atoms with Gasteiger partial charge in [0.25, 0.3) is 0 Å². The molecular weight excluding hydrogens is 649 g/mol. The number of carbonyl (C=O) groups is 2. The van der Waals surface area contributed by atoms with Crippen molar-refractivity contribution in [2.24, 2.45) is 17.8 Å². The topological polar surface area (TPSA) is 93.1 Å². The van der Waals surface area contributed by atoms with Crippen molar-refractivity contribution < 1.29 is 29.3 Å². The van der Waals surface area contributed by atoms with Crippen LogP contribution < -0.4 is 0 Å². The molecule has 6 heteroatoms. The minimum absolute atomic E-state index is 0.00521. The molecule has 0 aliphatic heterocycles. The summed E-state index contributed by atoms with van der Waals surface area (Å²) in [5.74, 6) is 1.23. The minimum Gasteiger partial charge on any atom is -0.462 e. The summed E-state index contributed by atoms with van der Waals surface area (Å²) in [6.07, 6.45) is 16.2. The molecule has 0 radical (unpaired) electrons. The second-order valence-corrected chi connectivity index (χ2v) is 15.9. The largest absolute Gasteiger partial charge is 0.462 e. The lowest BCUT2D eigenvalue weighted by Gasteiger charge is -2.30. The van der Waals surface area contributed by atoms with Crippen molar-refractivity contribution in [3.8, 4) is 11.1 Å². The van der Waals surface area contributed by atoms with Crippen molar-refractivity contribution in [3.05, 3.63) is 83.5 Å². The summed E-state index contributed by atoms with van der Waals surface area (Å²) in [6.45, 7) is 14.8. The zero-order valence-electron chi connectivity index (χ0n) is 32.5. The number of carbonyl (C=O) groups excluding carboxylic acids is 2. The Labute approximate surface area is 314 Å². The Morgan fingerprint density at radius 2 is 1.21 bits per heavy atom. The second-order valence-electron chi connectivity index (χ2n) is 15.9. The van der Waals surface area contributed by atoms with Crippen LogP contribution in [0.1, 0.15) is 146 Å². The second kappa shape index (κ2) is 20.9. The SMILES string of the molecule is C=C(C(=O)OCC(CCC1CCC(c2ccc(-c3ccc(C4CCC(CCCCC)CC4)cc3)c(CC)c2)CC1)COC(=O)C(=C)C(C)O)C(C)O. The Bertz CT molecular complexity index is 1400. The van der Waals surface area contributed by atoms with Gasteiger partial charge in [-0.2, -0.15) is 0 Å². The number of benzene rings is 2. The third-order valence-corrected chi connectivity index (χ3v) is 12.0. The molecule has 2 aliphatic rings. The number of esters is 2. The van der Waals surface area contributed by atoms with Gasteiger partial charge in [0.1, 0.15) is 0 Å². The summed E-state index contributed by atoms with van der Waals surface area (Å²) in [5.41, 5.74) is 7.04. The Kier molecular flexibility index (Phi) is 16.7. The average molecular weight is 715 g/mol. The van der Waals surface area contributed by atoms with Crippen molar-refractivity contribution in [1.29, 1.82) is 0 Å². The Hall–Kier alpha value is -3.22. The third-order valence-electron chi connectivity index (χ3n) is 12.0. The molecular formula is C46H66O6. The maximum Gasteiger partial charge on any atom is 0.336 e. The van der Waals surface area contributed by atoms with Crippen LogP contribution in [0.5, 0.6) is 0 Å². The van der Waals surface area contributed by atoms with Crippen molar-refractivity contribution >= 4 is 11.9 Å². The lowest BCUT2D eigenvalue weighted by Crippen LogP contribution is -2.26. The fourth-order valence-corrected chi connectivity index (χ4v) is 8.23. The lowest BCUT2D eigenvalue weighted by atomic mass is 9.75. The van der Waals surface area contributed by atoms with Gasteiger partial charge >= 0.3 is 11.9 Å². The van der Waals surface area contributed by atoms with Crippen LogP contribution in [0.3, 0.4) is 0 Å². The number of aliphatic hydroxyl groups is 2. The number of ether oxygens (including phenoxy) is 2. The highest BCUT2D eigenvalue weighted by molar-refractivity contribution is 5.89. The van der Waals surface area contributed by atoms with Gasteiger partial charge in [-0.25, -0.2) is 9.59 Å². The monoisotopic (exact) mass is 714 g/mol. The fraction of sp³-hybridized carbons (Fsp3) is 0.609. The van der Waals surface area contributed by atoms with Gasteiger partial charge in [0.05, 0.1) is 36.6 Å². The van der Waals surface area contributed by atoms with E-state index in [0.29, 0.717) is 17.8 Å². The summed E-state index contributed by atoms with van der Waals surface area (Å²) in [4.78, 5) is 24.7. The Morgan fingerprint density at radius 3 is 1.71 bits per heavy atom. The Morgan fingerprint density at radius 1 is 0.712 bits per heavy atom. The average Bonchev–Trinajstić information content (AvgIpc) is 3.17. The van der Waals surface area contributed by atoms with Crippen LogP contribution in [0, 0.1) is 17.8 Å². The molecule has 2 N–H and O–H groups in total. The number of aliphatic hydroxyl groups excluding tert-OH is 2. The smallest absolute Gasteiger partial charge is 0.336 e. The third kappa shape index (κ3) is 12.2. The van der Waals surface area contributed by atoms with Gasteiger partial charge in [-0.3, -0.25) is 0 Å². The van der Waals surface area contributed by atoms with Crippen molar-refractivity contribution in [3.63, 3.8) is 0 Å². The van der Waals surface area contributed by atoms with Crippen LogP contribution >= 0.6 is 0 Å². The number of hydrogen-bond donors (Lipinski definition) is 2. The standard InChI is InChI=1S/C46H66O6/c1-7-9-10-11-35-14-18-39(19-15-35)40-22-24-42(25-23-40)44-27-26-43(28-38(44)8-2)41-20-16-36(17-21-41)12-13-37(29-51-45(49)31(3)33(5)47)30-52-46(50)32(4)34(6)48/h22-28,33-37,39,41,47-48H,3-4,7-21,29-30H2,1-2,5-6H3. The molecule has 2 aromatic rings. The van der Waals surface area contributed by atoms with E-state index >= 15 is 0 Å². The van der Waals surface area contributed by atoms with Crippen LogP contribution in [-0.2, 0) is 25.5 Å². The number of aryl methyl sites for hydroxylation is 1. The first-order valence-electron chi connectivity index (χ1n) is 20.3. The first kappa shape index (κ1) is 41.5. The molecule has 2 fully saturated rings. The van der Waals surface area contributed by atoms with Crippen molar-refractivity contribution in [1.82, 2.24) is 0 Å². The predicted molar refractivity (Wildman–Crippen MR) is 211 cm³/mol. The molecule has 0 spiro atoms. The minimum atomic E-state index is -0.996. The summed E-state index contributed by atoms with van der Waals surface area (Å²) in [6, 6.07) is 16.6. The molecule has 0 amide bonds. The quantitative estimate of drug-likeness (QED) is 0.0855. The van der Waals surface area contributed by atoms with Gasteiger partial charge in [0, 0.05) is 5.92 Å². The van der Waals surface area contributed by atoms with E-state index in [-0.39, 0.29) is 30.3 Å². The summed E-state index contributed by atoms with van der Waals surface area (Å²) < 4.78 is 10.9. The molecule has 6 nitrogen and oxygen atoms in total. The molecule has 0 saturated heterocycles. The summed E-state index contributed by atoms with van der Waals surface area (Å²) >= 11 is 0. The highest BCUT2D eigenvalue weighted by Gasteiger charge is 2.26. The molecule has 52 heavy (non-hydrogen) atoms. The van der Waals surface area contributed by atoms with Crippen LogP contribution in [0.2, 0.25) is 0 Å². The van der Waals surface area contributed by atoms with Gasteiger partial charge in [-0.1, -0.05) is 95.2 Å². The zero-order valence-corrected chi connectivity index (χ0v) is 32.5. The van der Waals surface area contributed by atoms with Gasteiger partial charge in [-0.15, -0.1) is 0 Å². The van der Waals surface area contributed by atoms with E-state index in [2.05, 4.69) is 69.5 Å². The van der Waals surface area contributed by atoms with Crippen LogP contribution in [0.25, 0.3) is 11.1 Å². The molecule has 2 atom stereocenters. The van der Waals surface area contributed by atoms with E-state index < -0.39 is 24.1 Å². The molecule has 0 bridgehead atoms. The summed E-state index contributed by atoms with van der Waals surface area (Å²) in [7, 11) is 0. The highest BCUT2D eigenvalue weighted by atomic mass is 16.5. The first-order chi connectivity index (χ1) is 25.0. The molecule has 2 aliphatic carbocycles. The fourth-order valence-electron chi connectivity index (χ4n) is 8.23. The highest BCUT2D eigenvalue weighted by Crippen LogP contribution is 2.41. The van der Waals surface area contributed by atoms with Crippen LogP contribution in [-0.4, -0.2) is 47.6 Å². The first-order valence-corrected chi connectivity index (χ1v) is 20.3. The van der Waals surface area contributed by atoms with E-state index in [4.69, 9.17) is 9.47 Å². The summed E-state index contributed by atoms with van der Waals surface area (Å²) in [5, 5.41) is 19.4. The van der Waals surface area contributed by atoms with E-state index in [1.54, 1.807) is 0 Å². The molecule has 2 saturated carbocycles. The van der Waals surface area contributed by atoms with Crippen LogP contribution in [0.4, 0.5) is 0 Å². The van der Waals surface area contributed by atoms with Gasteiger partial charge in [-0.05, 0) is 136 Å². The molecule has 2 aromatic carbocycles. The van der Waals surface area contributed by atoms with Crippen molar-refractivity contribution in [2.75, 3.05) is 13.2 Å². The maximum absolute atomic E-state index is 12.3. The van der Waals surface area contributed by atoms with E-state index in [1.807, 2.05) is 0 Å². The van der Waals surface area contributed by atoms with Gasteiger partial charge in [0.15, 0.2) is 0 Å². The molecule has 2 unspecified atom stereocenters. The zero-order chi connectivity index (χ0) is 37.6. The Balaban J connectivity index is 1.29. The van der Waals surface area contributed by atoms with E-state index in [1.165, 1.54) is 93.0 Å². The van der Waals surface area contributed by atoms with Crippen LogP contribution in [0.15, 0.2) is 66.8 Å². The van der Waals surface area contributed by atoms with E-state index in [9.17, 15) is 19.8 Å². The number of hydrogen-bond acceptors (Lipinski definition) is 6. The lowest BCUT2D eigenvalue weighted by molar-refractivity contribution is -0.145. The normalized spacial score (nSPS) is 22.2. The molecule has 0 aromatic heterocycles.